The van der Waals surface area contributed by atoms with E-state index in [1.807, 2.05) is 0 Å². The number of anilines is 5. The molecule has 3 heterocycles. The number of nitrogens with zero attached hydrogens (tertiary/aromatic N) is 2. The Kier molecular flexibility index (Phi) is 7.71. The third-order valence-corrected chi connectivity index (χ3v) is 14.8. The van der Waals surface area contributed by atoms with Crippen molar-refractivity contribution < 1.29 is 0 Å². The van der Waals surface area contributed by atoms with E-state index in [-0.39, 0.29) is 17.7 Å². The van der Waals surface area contributed by atoms with Crippen molar-refractivity contribution in [3.05, 3.63) is 221 Å². The number of fused-ring (bicyclic) bond motifs is 7. The molecule has 0 amide bonds. The van der Waals surface area contributed by atoms with Crippen molar-refractivity contribution in [1.82, 2.24) is 0 Å². The zero-order valence-electron chi connectivity index (χ0n) is 35.7. The predicted octanol–water partition coefficient (Wildman–Crippen LogP) is 13.4. The lowest BCUT2D eigenvalue weighted by molar-refractivity contribution is 0.332. The highest BCUT2D eigenvalue weighted by Crippen LogP contribution is 2.60. The standard InChI is InChI=1S/C58H49BN2/c1-38-34-45-44-36-48-49(57(4,5)33-32-56(48,2)3)37-52(44)61(43-30-28-40(29-31-43)39-18-9-6-10-19-39)59-50-26-17-25-47-55(50)60(53(35-38)54(45)59)51-27-16-15-24-46(51)58(47,41-20-11-7-12-21-41)42-22-13-8-14-23-42/h6-31,34-37H,32-33H2,1-5H3. The monoisotopic (exact) mass is 784 g/mol. The molecule has 8 aromatic carbocycles. The highest BCUT2D eigenvalue weighted by molar-refractivity contribution is 6.93. The van der Waals surface area contributed by atoms with E-state index < -0.39 is 5.41 Å². The summed E-state index contributed by atoms with van der Waals surface area (Å²) in [7, 11) is 0. The smallest absolute Gasteiger partial charge is 0.333 e. The highest BCUT2D eigenvalue weighted by Gasteiger charge is 2.53. The van der Waals surface area contributed by atoms with Crippen LogP contribution in [0.15, 0.2) is 182 Å². The maximum absolute atomic E-state index is 2.71. The van der Waals surface area contributed by atoms with E-state index in [0.29, 0.717) is 0 Å². The zero-order chi connectivity index (χ0) is 41.3. The van der Waals surface area contributed by atoms with Gasteiger partial charge in [-0.25, -0.2) is 0 Å². The second kappa shape index (κ2) is 13.0. The van der Waals surface area contributed by atoms with Crippen LogP contribution in [0.3, 0.4) is 0 Å². The SMILES string of the molecule is Cc1cc2c3c(c1)N1c4ccccc4C(c4ccccc4)(c4ccccc4)c4cccc(c41)B3N(c1ccc(-c3ccccc3)cc1)c1cc3c(cc1-2)C(C)(C)CCC3(C)C. The summed E-state index contributed by atoms with van der Waals surface area (Å²) in [5, 5.41) is 0. The summed E-state index contributed by atoms with van der Waals surface area (Å²) in [5.74, 6) is 0. The normalized spacial score (nSPS) is 16.8. The average Bonchev–Trinajstić information content (AvgIpc) is 3.29. The fraction of sp³-hybridized carbons (Fsp3) is 0.172. The Hall–Kier alpha value is -6.58. The molecule has 0 unspecified atom stereocenters. The quantitative estimate of drug-likeness (QED) is 0.164. The number of rotatable bonds is 4. The Morgan fingerprint density at radius 2 is 1.03 bits per heavy atom. The highest BCUT2D eigenvalue weighted by atomic mass is 15.2. The Bertz CT molecular complexity index is 3000. The first-order valence-corrected chi connectivity index (χ1v) is 22.1. The van der Waals surface area contributed by atoms with E-state index >= 15 is 0 Å². The molecule has 0 spiro atoms. The largest absolute Gasteiger partial charge is 0.376 e. The van der Waals surface area contributed by atoms with E-state index in [1.165, 1.54) is 113 Å². The van der Waals surface area contributed by atoms with E-state index in [0.717, 1.165) is 0 Å². The van der Waals surface area contributed by atoms with Crippen molar-refractivity contribution in [2.24, 2.45) is 0 Å². The Morgan fingerprint density at radius 3 is 1.70 bits per heavy atom. The molecule has 0 aromatic heterocycles. The van der Waals surface area contributed by atoms with Gasteiger partial charge in [-0.15, -0.1) is 0 Å². The Morgan fingerprint density at radius 1 is 0.459 bits per heavy atom. The van der Waals surface area contributed by atoms with Gasteiger partial charge >= 0.3 is 6.85 Å². The summed E-state index contributed by atoms with van der Waals surface area (Å²) in [5.41, 5.74) is 23.2. The molecule has 12 rings (SSSR count). The number of hydrogen-bond acceptors (Lipinski definition) is 2. The summed E-state index contributed by atoms with van der Waals surface area (Å²) in [6.45, 7) is 12.1. The molecule has 0 bridgehead atoms. The van der Waals surface area contributed by atoms with Crippen LogP contribution in [0.25, 0.3) is 22.3 Å². The molecule has 4 aliphatic rings. The molecule has 0 radical (unpaired) electrons. The van der Waals surface area contributed by atoms with Crippen molar-refractivity contribution in [3.8, 4) is 22.3 Å². The number of hydrogen-bond donors (Lipinski definition) is 0. The van der Waals surface area contributed by atoms with Gasteiger partial charge in [0, 0.05) is 28.3 Å². The second-order valence-electron chi connectivity index (χ2n) is 19.2. The van der Waals surface area contributed by atoms with Gasteiger partial charge in [-0.2, -0.15) is 0 Å². The molecular formula is C58H49BN2. The molecule has 8 aromatic rings. The van der Waals surface area contributed by atoms with Crippen molar-refractivity contribution >= 4 is 46.2 Å². The van der Waals surface area contributed by atoms with Crippen LogP contribution in [0, 0.1) is 6.92 Å². The van der Waals surface area contributed by atoms with Crippen LogP contribution in [0.4, 0.5) is 28.4 Å². The summed E-state index contributed by atoms with van der Waals surface area (Å²) in [6, 6.07) is 69.2. The molecule has 3 aliphatic heterocycles. The molecule has 294 valence electrons. The van der Waals surface area contributed by atoms with E-state index in [4.69, 9.17) is 0 Å². The molecular weight excluding hydrogens is 735 g/mol. The fourth-order valence-electron chi connectivity index (χ4n) is 11.8. The molecule has 0 saturated carbocycles. The minimum Gasteiger partial charge on any atom is -0.376 e. The summed E-state index contributed by atoms with van der Waals surface area (Å²) < 4.78 is 0. The van der Waals surface area contributed by atoms with Crippen LogP contribution >= 0.6 is 0 Å². The van der Waals surface area contributed by atoms with Gasteiger partial charge in [-0.1, -0.05) is 173 Å². The van der Waals surface area contributed by atoms with Crippen LogP contribution in [-0.4, -0.2) is 6.85 Å². The molecule has 2 nitrogen and oxygen atoms in total. The third-order valence-electron chi connectivity index (χ3n) is 14.8. The van der Waals surface area contributed by atoms with Crippen LogP contribution in [0.2, 0.25) is 0 Å². The lowest BCUT2D eigenvalue weighted by atomic mass is 9.42. The van der Waals surface area contributed by atoms with Gasteiger partial charge in [0.1, 0.15) is 0 Å². The van der Waals surface area contributed by atoms with Crippen molar-refractivity contribution in [2.75, 3.05) is 9.71 Å². The fourth-order valence-corrected chi connectivity index (χ4v) is 11.8. The number of aryl methyl sites for hydroxylation is 1. The molecule has 0 fully saturated rings. The number of benzene rings is 8. The second-order valence-corrected chi connectivity index (χ2v) is 19.2. The first-order chi connectivity index (χ1) is 29.7. The molecule has 0 saturated heterocycles. The zero-order valence-corrected chi connectivity index (χ0v) is 35.7. The van der Waals surface area contributed by atoms with Crippen molar-refractivity contribution in [2.45, 2.75) is 63.7 Å². The maximum atomic E-state index is 2.71. The lowest BCUT2D eigenvalue weighted by Gasteiger charge is -2.52. The minimum atomic E-state index is -0.547. The van der Waals surface area contributed by atoms with E-state index in [2.05, 4.69) is 226 Å². The van der Waals surface area contributed by atoms with Crippen LogP contribution in [-0.2, 0) is 16.2 Å². The Labute approximate surface area is 361 Å². The van der Waals surface area contributed by atoms with Gasteiger partial charge in [-0.3, -0.25) is 0 Å². The van der Waals surface area contributed by atoms with Crippen molar-refractivity contribution in [1.29, 1.82) is 0 Å². The first-order valence-electron chi connectivity index (χ1n) is 22.1. The van der Waals surface area contributed by atoms with Crippen LogP contribution in [0.1, 0.15) is 79.5 Å². The van der Waals surface area contributed by atoms with Gasteiger partial charge in [0.05, 0.1) is 11.1 Å². The number of para-hydroxylation sites is 2. The third kappa shape index (κ3) is 5.04. The van der Waals surface area contributed by atoms with Crippen LogP contribution in [0.5, 0.6) is 0 Å². The van der Waals surface area contributed by atoms with Gasteiger partial charge in [0.2, 0.25) is 0 Å². The van der Waals surface area contributed by atoms with Crippen LogP contribution < -0.4 is 20.6 Å². The first kappa shape index (κ1) is 36.3. The van der Waals surface area contributed by atoms with Gasteiger partial charge in [0.15, 0.2) is 0 Å². The average molecular weight is 785 g/mol. The topological polar surface area (TPSA) is 6.48 Å². The summed E-state index contributed by atoms with van der Waals surface area (Å²) >= 11 is 0. The molecule has 3 heteroatoms. The summed E-state index contributed by atoms with van der Waals surface area (Å²) in [6.07, 6.45) is 2.35. The summed E-state index contributed by atoms with van der Waals surface area (Å²) in [4.78, 5) is 5.35. The lowest BCUT2D eigenvalue weighted by Crippen LogP contribution is -2.63. The van der Waals surface area contributed by atoms with E-state index in [1.54, 1.807) is 0 Å². The van der Waals surface area contributed by atoms with E-state index in [9.17, 15) is 0 Å². The molecule has 0 N–H and O–H groups in total. The molecule has 61 heavy (non-hydrogen) atoms. The van der Waals surface area contributed by atoms with Gasteiger partial charge in [-0.05, 0) is 134 Å². The molecule has 1 aliphatic carbocycles. The van der Waals surface area contributed by atoms with Gasteiger partial charge < -0.3 is 9.71 Å². The minimum absolute atomic E-state index is 0.0602. The molecule has 0 atom stereocenters. The Balaban J connectivity index is 1.21. The predicted molar refractivity (Wildman–Crippen MR) is 257 cm³/mol. The van der Waals surface area contributed by atoms with Gasteiger partial charge in [0.25, 0.3) is 0 Å². The van der Waals surface area contributed by atoms with Crippen molar-refractivity contribution in [3.63, 3.8) is 0 Å². The maximum Gasteiger partial charge on any atom is 0.333 e.